The average Bonchev–Trinajstić information content (AvgIpc) is 2.59. The molecule has 5 heteroatoms. The average molecular weight is 203 g/mol. The van der Waals surface area contributed by atoms with E-state index in [0.717, 1.165) is 0 Å². The molecular formula is C8H7ClO4. The Kier molecular flexibility index (Phi) is 1.94. The highest BCUT2D eigenvalue weighted by molar-refractivity contribution is 6.33. The lowest BCUT2D eigenvalue weighted by Gasteiger charge is -2.05. The van der Waals surface area contributed by atoms with Gasteiger partial charge in [-0.25, -0.2) is 0 Å². The second-order valence-corrected chi connectivity index (χ2v) is 2.97. The lowest BCUT2D eigenvalue weighted by atomic mass is 10.2. The lowest BCUT2D eigenvalue weighted by molar-refractivity contribution is 0.174. The van der Waals surface area contributed by atoms with Gasteiger partial charge < -0.3 is 19.7 Å². The Labute approximate surface area is 79.3 Å². The van der Waals surface area contributed by atoms with Crippen molar-refractivity contribution in [2.45, 2.75) is 6.61 Å². The summed E-state index contributed by atoms with van der Waals surface area (Å²) in [6, 6.07) is 1.50. The van der Waals surface area contributed by atoms with Gasteiger partial charge in [0.15, 0.2) is 11.5 Å². The fourth-order valence-corrected chi connectivity index (χ4v) is 1.43. The molecular weight excluding hydrogens is 196 g/mol. The molecule has 70 valence electrons. The highest BCUT2D eigenvalue weighted by Gasteiger charge is 2.22. The summed E-state index contributed by atoms with van der Waals surface area (Å²) in [4.78, 5) is 0. The van der Waals surface area contributed by atoms with Crippen molar-refractivity contribution in [3.63, 3.8) is 0 Å². The molecule has 1 heterocycles. The number of fused-ring (bicyclic) bond motifs is 1. The molecule has 2 N–H and O–H groups in total. The van der Waals surface area contributed by atoms with Gasteiger partial charge in [-0.05, 0) is 6.07 Å². The third-order valence-corrected chi connectivity index (χ3v) is 2.18. The van der Waals surface area contributed by atoms with Crippen LogP contribution in [-0.4, -0.2) is 17.0 Å². The van der Waals surface area contributed by atoms with Crippen LogP contribution in [0.2, 0.25) is 5.02 Å². The molecule has 13 heavy (non-hydrogen) atoms. The Morgan fingerprint density at radius 3 is 2.92 bits per heavy atom. The largest absolute Gasteiger partial charge is 0.506 e. The SMILES string of the molecule is OCc1cc2c(c(Cl)c1O)OCO2. The summed E-state index contributed by atoms with van der Waals surface area (Å²) in [7, 11) is 0. The van der Waals surface area contributed by atoms with Crippen LogP contribution in [0.25, 0.3) is 0 Å². The van der Waals surface area contributed by atoms with E-state index in [1.807, 2.05) is 0 Å². The number of phenols is 1. The van der Waals surface area contributed by atoms with Gasteiger partial charge in [-0.2, -0.15) is 0 Å². The Balaban J connectivity index is 2.61. The van der Waals surface area contributed by atoms with Crippen molar-refractivity contribution in [3.8, 4) is 17.2 Å². The van der Waals surface area contributed by atoms with Crippen LogP contribution in [0.5, 0.6) is 17.2 Å². The summed E-state index contributed by atoms with van der Waals surface area (Å²) in [5.41, 5.74) is 0.328. The monoisotopic (exact) mass is 202 g/mol. The normalized spacial score (nSPS) is 13.4. The molecule has 0 aliphatic carbocycles. The van der Waals surface area contributed by atoms with Crippen LogP contribution in [0.4, 0.5) is 0 Å². The molecule has 1 aliphatic rings. The fraction of sp³-hybridized carbons (Fsp3) is 0.250. The summed E-state index contributed by atoms with van der Waals surface area (Å²) in [6.07, 6.45) is 0. The predicted molar refractivity (Wildman–Crippen MR) is 45.2 cm³/mol. The summed E-state index contributed by atoms with van der Waals surface area (Å²) >= 11 is 5.76. The minimum Gasteiger partial charge on any atom is -0.506 e. The van der Waals surface area contributed by atoms with E-state index in [9.17, 15) is 5.11 Å². The van der Waals surface area contributed by atoms with Crippen LogP contribution >= 0.6 is 11.6 Å². The number of rotatable bonds is 1. The van der Waals surface area contributed by atoms with Crippen LogP contribution in [0, 0.1) is 0 Å². The second kappa shape index (κ2) is 2.97. The summed E-state index contributed by atoms with van der Waals surface area (Å²) < 4.78 is 10.1. The minimum absolute atomic E-state index is 0.0825. The molecule has 0 atom stereocenters. The van der Waals surface area contributed by atoms with E-state index in [-0.39, 0.29) is 24.2 Å². The molecule has 0 saturated heterocycles. The summed E-state index contributed by atoms with van der Waals surface area (Å²) in [5, 5.41) is 18.4. The Morgan fingerprint density at radius 2 is 2.23 bits per heavy atom. The summed E-state index contributed by atoms with van der Waals surface area (Å²) in [5.74, 6) is 0.622. The van der Waals surface area contributed by atoms with Gasteiger partial charge in [-0.3, -0.25) is 0 Å². The van der Waals surface area contributed by atoms with E-state index >= 15 is 0 Å². The van der Waals surface area contributed by atoms with Crippen molar-refractivity contribution >= 4 is 11.6 Å². The zero-order valence-corrected chi connectivity index (χ0v) is 7.34. The minimum atomic E-state index is -0.289. The highest BCUT2D eigenvalue weighted by Crippen LogP contribution is 2.45. The molecule has 0 radical (unpaired) electrons. The number of aliphatic hydroxyl groups excluding tert-OH is 1. The van der Waals surface area contributed by atoms with E-state index in [2.05, 4.69) is 0 Å². The zero-order chi connectivity index (χ0) is 9.42. The first-order valence-corrected chi connectivity index (χ1v) is 4.02. The third-order valence-electron chi connectivity index (χ3n) is 1.83. The number of ether oxygens (including phenoxy) is 2. The van der Waals surface area contributed by atoms with Crippen molar-refractivity contribution in [3.05, 3.63) is 16.7 Å². The first-order valence-electron chi connectivity index (χ1n) is 3.65. The Morgan fingerprint density at radius 1 is 1.46 bits per heavy atom. The quantitative estimate of drug-likeness (QED) is 0.720. The molecule has 0 saturated carbocycles. The van der Waals surface area contributed by atoms with Crippen molar-refractivity contribution < 1.29 is 19.7 Å². The summed E-state index contributed by atoms with van der Waals surface area (Å²) in [6.45, 7) is -0.203. The second-order valence-electron chi connectivity index (χ2n) is 2.59. The number of hydrogen-bond acceptors (Lipinski definition) is 4. The van der Waals surface area contributed by atoms with Gasteiger partial charge in [0.25, 0.3) is 0 Å². The molecule has 0 bridgehead atoms. The van der Waals surface area contributed by atoms with Crippen molar-refractivity contribution in [2.24, 2.45) is 0 Å². The third kappa shape index (κ3) is 1.18. The first kappa shape index (κ1) is 8.47. The molecule has 1 aromatic carbocycles. The van der Waals surface area contributed by atoms with Crippen LogP contribution in [-0.2, 0) is 6.61 Å². The Hall–Kier alpha value is -1.13. The van der Waals surface area contributed by atoms with E-state index in [0.29, 0.717) is 17.1 Å². The number of halogens is 1. The Bertz CT molecular complexity index is 350. The van der Waals surface area contributed by atoms with E-state index in [1.165, 1.54) is 6.07 Å². The first-order chi connectivity index (χ1) is 6.24. The van der Waals surface area contributed by atoms with Gasteiger partial charge in [0.1, 0.15) is 10.8 Å². The molecule has 2 rings (SSSR count). The molecule has 1 aromatic rings. The maximum absolute atomic E-state index is 9.43. The molecule has 0 spiro atoms. The molecule has 0 amide bonds. The van der Waals surface area contributed by atoms with E-state index in [4.69, 9.17) is 26.2 Å². The van der Waals surface area contributed by atoms with Crippen molar-refractivity contribution in [1.29, 1.82) is 0 Å². The van der Waals surface area contributed by atoms with Gasteiger partial charge in [-0.15, -0.1) is 0 Å². The van der Waals surface area contributed by atoms with Gasteiger partial charge in [-0.1, -0.05) is 11.6 Å². The topological polar surface area (TPSA) is 58.9 Å². The molecule has 4 nitrogen and oxygen atoms in total. The van der Waals surface area contributed by atoms with E-state index < -0.39 is 0 Å². The van der Waals surface area contributed by atoms with E-state index in [1.54, 1.807) is 0 Å². The maximum Gasteiger partial charge on any atom is 0.231 e. The van der Waals surface area contributed by atoms with Crippen molar-refractivity contribution in [1.82, 2.24) is 0 Å². The van der Waals surface area contributed by atoms with Crippen molar-refractivity contribution in [2.75, 3.05) is 6.79 Å². The van der Waals surface area contributed by atoms with Crippen LogP contribution in [0.1, 0.15) is 5.56 Å². The van der Waals surface area contributed by atoms with Gasteiger partial charge in [0, 0.05) is 5.56 Å². The zero-order valence-electron chi connectivity index (χ0n) is 6.58. The number of aromatic hydroxyl groups is 1. The van der Waals surface area contributed by atoms with Crippen LogP contribution < -0.4 is 9.47 Å². The number of aliphatic hydroxyl groups is 1. The molecule has 1 aliphatic heterocycles. The smallest absolute Gasteiger partial charge is 0.231 e. The van der Waals surface area contributed by atoms with Crippen LogP contribution in [0.15, 0.2) is 6.07 Å². The molecule has 0 unspecified atom stereocenters. The van der Waals surface area contributed by atoms with Gasteiger partial charge in [0.05, 0.1) is 6.61 Å². The maximum atomic E-state index is 9.43. The van der Waals surface area contributed by atoms with Gasteiger partial charge >= 0.3 is 0 Å². The number of hydrogen-bond donors (Lipinski definition) is 2. The molecule has 0 fully saturated rings. The number of benzene rings is 1. The van der Waals surface area contributed by atoms with Gasteiger partial charge in [0.2, 0.25) is 6.79 Å². The highest BCUT2D eigenvalue weighted by atomic mass is 35.5. The van der Waals surface area contributed by atoms with Crippen LogP contribution in [0.3, 0.4) is 0 Å². The standard InChI is InChI=1S/C8H7ClO4/c9-6-7(11)4(2-10)1-5-8(6)13-3-12-5/h1,10-11H,2-3H2. The molecule has 0 aromatic heterocycles. The predicted octanol–water partition coefficient (Wildman–Crippen LogP) is 1.27. The lowest BCUT2D eigenvalue weighted by Crippen LogP contribution is -1.93. The fourth-order valence-electron chi connectivity index (χ4n) is 1.16.